The SMILES string of the molecule is O=C(COc1ccc(-c2ccccc2)cc1)Nc1ccc2[nH]c(=O)oc2c1. The van der Waals surface area contributed by atoms with E-state index in [4.69, 9.17) is 9.15 Å². The maximum atomic E-state index is 12.1. The number of fused-ring (bicyclic) bond motifs is 1. The number of hydrogen-bond acceptors (Lipinski definition) is 4. The van der Waals surface area contributed by atoms with E-state index < -0.39 is 5.76 Å². The van der Waals surface area contributed by atoms with Crippen LogP contribution in [0.15, 0.2) is 82.0 Å². The minimum atomic E-state index is -0.532. The van der Waals surface area contributed by atoms with Crippen LogP contribution in [0, 0.1) is 0 Å². The van der Waals surface area contributed by atoms with Crippen LogP contribution in [0.3, 0.4) is 0 Å². The zero-order valence-electron chi connectivity index (χ0n) is 14.3. The lowest BCUT2D eigenvalue weighted by atomic mass is 10.1. The highest BCUT2D eigenvalue weighted by Gasteiger charge is 2.07. The van der Waals surface area contributed by atoms with Gasteiger partial charge in [0, 0.05) is 11.8 Å². The number of amides is 1. The van der Waals surface area contributed by atoms with Crippen LogP contribution in [-0.2, 0) is 4.79 Å². The summed E-state index contributed by atoms with van der Waals surface area (Å²) in [5, 5.41) is 2.71. The molecule has 0 aliphatic carbocycles. The van der Waals surface area contributed by atoms with E-state index in [-0.39, 0.29) is 12.5 Å². The number of nitrogens with one attached hydrogen (secondary N) is 2. The molecule has 27 heavy (non-hydrogen) atoms. The largest absolute Gasteiger partial charge is 0.484 e. The molecule has 134 valence electrons. The standard InChI is InChI=1S/C21H16N2O4/c24-20(22-16-8-11-18-19(12-16)27-21(25)23-18)13-26-17-9-6-15(7-10-17)14-4-2-1-3-5-14/h1-12H,13H2,(H,22,24)(H,23,25). The topological polar surface area (TPSA) is 84.3 Å². The first-order chi connectivity index (χ1) is 13.2. The number of benzene rings is 3. The molecule has 4 rings (SSSR count). The van der Waals surface area contributed by atoms with Gasteiger partial charge < -0.3 is 14.5 Å². The first-order valence-electron chi connectivity index (χ1n) is 8.38. The van der Waals surface area contributed by atoms with Crippen molar-refractivity contribution < 1.29 is 13.9 Å². The fourth-order valence-electron chi connectivity index (χ4n) is 2.74. The fourth-order valence-corrected chi connectivity index (χ4v) is 2.74. The van der Waals surface area contributed by atoms with Gasteiger partial charge in [0.25, 0.3) is 5.91 Å². The summed E-state index contributed by atoms with van der Waals surface area (Å²) in [6.07, 6.45) is 0. The number of hydrogen-bond donors (Lipinski definition) is 2. The normalized spacial score (nSPS) is 10.7. The predicted molar refractivity (Wildman–Crippen MR) is 103 cm³/mol. The summed E-state index contributed by atoms with van der Waals surface area (Å²) in [5.74, 6) is -0.230. The average molecular weight is 360 g/mol. The maximum Gasteiger partial charge on any atom is 0.417 e. The molecule has 6 heteroatoms. The lowest BCUT2D eigenvalue weighted by Gasteiger charge is -2.08. The summed E-state index contributed by atoms with van der Waals surface area (Å²) >= 11 is 0. The molecule has 0 atom stereocenters. The van der Waals surface area contributed by atoms with E-state index in [0.717, 1.165) is 11.1 Å². The number of ether oxygens (including phenoxy) is 1. The van der Waals surface area contributed by atoms with Crippen molar-refractivity contribution in [3.63, 3.8) is 0 Å². The van der Waals surface area contributed by atoms with Crippen molar-refractivity contribution in [2.45, 2.75) is 0 Å². The zero-order valence-corrected chi connectivity index (χ0v) is 14.3. The van der Waals surface area contributed by atoms with Crippen molar-refractivity contribution >= 4 is 22.7 Å². The van der Waals surface area contributed by atoms with Crippen molar-refractivity contribution in [1.82, 2.24) is 4.98 Å². The van der Waals surface area contributed by atoms with Gasteiger partial charge in [-0.1, -0.05) is 42.5 Å². The smallest absolute Gasteiger partial charge is 0.417 e. The van der Waals surface area contributed by atoms with E-state index in [1.54, 1.807) is 18.2 Å². The van der Waals surface area contributed by atoms with Crippen molar-refractivity contribution in [3.05, 3.63) is 83.3 Å². The van der Waals surface area contributed by atoms with E-state index in [2.05, 4.69) is 10.3 Å². The Labute approximate surface area is 154 Å². The lowest BCUT2D eigenvalue weighted by molar-refractivity contribution is -0.118. The number of oxazole rings is 1. The third-order valence-corrected chi connectivity index (χ3v) is 4.04. The third-order valence-electron chi connectivity index (χ3n) is 4.04. The Balaban J connectivity index is 1.36. The Morgan fingerprint density at radius 1 is 0.963 bits per heavy atom. The molecule has 0 spiro atoms. The molecular formula is C21H16N2O4. The molecule has 0 aliphatic heterocycles. The highest BCUT2D eigenvalue weighted by Crippen LogP contribution is 2.22. The monoisotopic (exact) mass is 360 g/mol. The molecule has 0 unspecified atom stereocenters. The van der Waals surface area contributed by atoms with Gasteiger partial charge in [-0.2, -0.15) is 0 Å². The molecule has 0 bridgehead atoms. The van der Waals surface area contributed by atoms with Crippen LogP contribution in [-0.4, -0.2) is 17.5 Å². The van der Waals surface area contributed by atoms with Crippen molar-refractivity contribution in [2.75, 3.05) is 11.9 Å². The summed E-state index contributed by atoms with van der Waals surface area (Å²) in [6, 6.07) is 22.5. The molecule has 1 aromatic heterocycles. The predicted octanol–water partition coefficient (Wildman–Crippen LogP) is 3.81. The van der Waals surface area contributed by atoms with Gasteiger partial charge in [-0.3, -0.25) is 9.78 Å². The quantitative estimate of drug-likeness (QED) is 0.567. The number of aromatic nitrogens is 1. The molecular weight excluding hydrogens is 344 g/mol. The van der Waals surface area contributed by atoms with Gasteiger partial charge in [-0.15, -0.1) is 0 Å². The number of carbonyl (C=O) groups excluding carboxylic acids is 1. The lowest BCUT2D eigenvalue weighted by Crippen LogP contribution is -2.20. The molecule has 3 aromatic carbocycles. The first kappa shape index (κ1) is 16.7. The van der Waals surface area contributed by atoms with Crippen LogP contribution in [0.1, 0.15) is 0 Å². The molecule has 0 radical (unpaired) electrons. The molecule has 4 aromatic rings. The fraction of sp³-hybridized carbons (Fsp3) is 0.0476. The summed E-state index contributed by atoms with van der Waals surface area (Å²) < 4.78 is 10.5. The molecule has 0 fully saturated rings. The average Bonchev–Trinajstić information content (AvgIpc) is 3.07. The van der Waals surface area contributed by atoms with E-state index in [9.17, 15) is 9.59 Å². The van der Waals surface area contributed by atoms with Crippen LogP contribution < -0.4 is 15.8 Å². The molecule has 1 heterocycles. The second-order valence-electron chi connectivity index (χ2n) is 5.95. The van der Waals surface area contributed by atoms with Crippen molar-refractivity contribution in [2.24, 2.45) is 0 Å². The first-order valence-corrected chi connectivity index (χ1v) is 8.38. The summed E-state index contributed by atoms with van der Waals surface area (Å²) in [5.41, 5.74) is 3.68. The number of anilines is 1. The minimum absolute atomic E-state index is 0.125. The Hall–Kier alpha value is -3.80. The molecule has 2 N–H and O–H groups in total. The molecule has 6 nitrogen and oxygen atoms in total. The Bertz CT molecular complexity index is 1130. The van der Waals surface area contributed by atoms with Crippen LogP contribution in [0.2, 0.25) is 0 Å². The maximum absolute atomic E-state index is 12.1. The van der Waals surface area contributed by atoms with Crippen LogP contribution in [0.4, 0.5) is 5.69 Å². The Morgan fingerprint density at radius 2 is 1.70 bits per heavy atom. The van der Waals surface area contributed by atoms with Crippen molar-refractivity contribution in [3.8, 4) is 16.9 Å². The number of carbonyl (C=O) groups is 1. The van der Waals surface area contributed by atoms with Crippen LogP contribution >= 0.6 is 0 Å². The van der Waals surface area contributed by atoms with Gasteiger partial charge in [-0.25, -0.2) is 4.79 Å². The molecule has 0 saturated carbocycles. The van der Waals surface area contributed by atoms with Gasteiger partial charge >= 0.3 is 5.76 Å². The Kier molecular flexibility index (Phi) is 4.45. The third kappa shape index (κ3) is 3.90. The highest BCUT2D eigenvalue weighted by atomic mass is 16.5. The summed E-state index contributed by atoms with van der Waals surface area (Å²) in [6.45, 7) is -0.125. The molecule has 0 aliphatic rings. The van der Waals surface area contributed by atoms with Gasteiger partial charge in [0.1, 0.15) is 5.75 Å². The Morgan fingerprint density at radius 3 is 2.48 bits per heavy atom. The summed E-state index contributed by atoms with van der Waals surface area (Å²) in [7, 11) is 0. The number of aromatic amines is 1. The summed E-state index contributed by atoms with van der Waals surface area (Å²) in [4.78, 5) is 25.8. The van der Waals surface area contributed by atoms with Gasteiger partial charge in [0.15, 0.2) is 12.2 Å². The minimum Gasteiger partial charge on any atom is -0.484 e. The zero-order chi connectivity index (χ0) is 18.6. The highest BCUT2D eigenvalue weighted by molar-refractivity contribution is 5.93. The molecule has 1 amide bonds. The van der Waals surface area contributed by atoms with E-state index >= 15 is 0 Å². The van der Waals surface area contributed by atoms with E-state index in [1.165, 1.54) is 0 Å². The van der Waals surface area contributed by atoms with E-state index in [1.807, 2.05) is 54.6 Å². The van der Waals surface area contributed by atoms with Gasteiger partial charge in [0.05, 0.1) is 5.52 Å². The van der Waals surface area contributed by atoms with Gasteiger partial charge in [0.2, 0.25) is 0 Å². The van der Waals surface area contributed by atoms with Crippen LogP contribution in [0.25, 0.3) is 22.2 Å². The van der Waals surface area contributed by atoms with Crippen molar-refractivity contribution in [1.29, 1.82) is 0 Å². The number of H-pyrrole nitrogens is 1. The molecule has 0 saturated heterocycles. The van der Waals surface area contributed by atoms with Gasteiger partial charge in [-0.05, 0) is 35.4 Å². The second-order valence-corrected chi connectivity index (χ2v) is 5.95. The van der Waals surface area contributed by atoms with E-state index in [0.29, 0.717) is 22.5 Å². The number of rotatable bonds is 5. The second kappa shape index (κ2) is 7.21. The van der Waals surface area contributed by atoms with Crippen LogP contribution in [0.5, 0.6) is 5.75 Å².